The number of benzene rings is 2. The molecular formula is C26H29Cl2N5OS. The van der Waals surface area contributed by atoms with E-state index in [1.165, 1.54) is 17.4 Å². The number of aromatic nitrogens is 2. The van der Waals surface area contributed by atoms with Crippen molar-refractivity contribution in [2.24, 2.45) is 0 Å². The first kappa shape index (κ1) is 25.6. The highest BCUT2D eigenvalue weighted by Crippen LogP contribution is 2.26. The van der Waals surface area contributed by atoms with Gasteiger partial charge in [-0.25, -0.2) is 9.97 Å². The second-order valence-electron chi connectivity index (χ2n) is 8.38. The highest BCUT2D eigenvalue weighted by molar-refractivity contribution is 7.98. The molecule has 9 heteroatoms. The van der Waals surface area contributed by atoms with Crippen molar-refractivity contribution in [1.82, 2.24) is 15.3 Å². The monoisotopic (exact) mass is 529 g/mol. The van der Waals surface area contributed by atoms with Crippen LogP contribution in [0, 0.1) is 0 Å². The Balaban J connectivity index is 1.32. The number of hydrogen-bond acceptors (Lipinski definition) is 6. The average Bonchev–Trinajstić information content (AvgIpc) is 2.88. The molecule has 4 rings (SSSR count). The van der Waals surface area contributed by atoms with E-state index >= 15 is 0 Å². The number of rotatable bonds is 9. The number of piperazine rings is 1. The first-order valence-corrected chi connectivity index (χ1v) is 13.6. The summed E-state index contributed by atoms with van der Waals surface area (Å²) in [6.45, 7) is 6.30. The zero-order valence-electron chi connectivity index (χ0n) is 19.7. The van der Waals surface area contributed by atoms with Gasteiger partial charge >= 0.3 is 0 Å². The van der Waals surface area contributed by atoms with Gasteiger partial charge in [0, 0.05) is 60.8 Å². The van der Waals surface area contributed by atoms with E-state index in [2.05, 4.69) is 39.2 Å². The number of nitrogens with one attached hydrogen (secondary N) is 1. The molecule has 0 aliphatic carbocycles. The van der Waals surface area contributed by atoms with Gasteiger partial charge in [-0.15, -0.1) is 0 Å². The maximum atomic E-state index is 12.2. The number of nitrogens with zero attached hydrogens (tertiary/aromatic N) is 4. The van der Waals surface area contributed by atoms with Gasteiger partial charge in [0.1, 0.15) is 11.0 Å². The van der Waals surface area contributed by atoms with Crippen LogP contribution in [0.4, 0.5) is 11.5 Å². The fourth-order valence-electron chi connectivity index (χ4n) is 3.84. The number of carbonyl (C=O) groups excluding carboxylic acids is 1. The second kappa shape index (κ2) is 12.5. The van der Waals surface area contributed by atoms with Crippen molar-refractivity contribution in [2.75, 3.05) is 42.5 Å². The van der Waals surface area contributed by atoms with Gasteiger partial charge in [0.15, 0.2) is 5.16 Å². The van der Waals surface area contributed by atoms with E-state index in [9.17, 15) is 4.79 Å². The van der Waals surface area contributed by atoms with E-state index in [0.29, 0.717) is 28.2 Å². The van der Waals surface area contributed by atoms with E-state index < -0.39 is 0 Å². The summed E-state index contributed by atoms with van der Waals surface area (Å²) in [6.07, 6.45) is 2.05. The van der Waals surface area contributed by atoms with Gasteiger partial charge in [0.2, 0.25) is 0 Å². The van der Waals surface area contributed by atoms with E-state index in [0.717, 1.165) is 55.4 Å². The summed E-state index contributed by atoms with van der Waals surface area (Å²) in [6, 6.07) is 17.5. The Bertz CT molecular complexity index is 1120. The van der Waals surface area contributed by atoms with Crippen molar-refractivity contribution in [3.63, 3.8) is 0 Å². The van der Waals surface area contributed by atoms with Gasteiger partial charge in [-0.1, -0.05) is 60.4 Å². The summed E-state index contributed by atoms with van der Waals surface area (Å²) in [7, 11) is 0. The largest absolute Gasteiger partial charge is 0.368 e. The molecule has 0 saturated carbocycles. The van der Waals surface area contributed by atoms with Crippen LogP contribution < -0.4 is 15.1 Å². The Morgan fingerprint density at radius 3 is 2.34 bits per heavy atom. The zero-order chi connectivity index (χ0) is 24.6. The Morgan fingerprint density at radius 1 is 0.971 bits per heavy atom. The minimum Gasteiger partial charge on any atom is -0.368 e. The number of halogens is 2. The number of carbonyl (C=O) groups is 1. The van der Waals surface area contributed by atoms with Gasteiger partial charge in [0.05, 0.1) is 0 Å². The third kappa shape index (κ3) is 7.26. The number of amides is 1. The Labute approximate surface area is 221 Å². The Kier molecular flexibility index (Phi) is 9.12. The third-order valence-corrected chi connectivity index (χ3v) is 7.22. The molecule has 1 amide bonds. The van der Waals surface area contributed by atoms with Crippen molar-refractivity contribution in [3.8, 4) is 0 Å². The van der Waals surface area contributed by atoms with Gasteiger partial charge in [0.25, 0.3) is 5.91 Å². The van der Waals surface area contributed by atoms with Crippen LogP contribution in [0.25, 0.3) is 0 Å². The Hall–Kier alpha value is -2.48. The smallest absolute Gasteiger partial charge is 0.251 e. The standard InChI is InChI=1S/C26H29Cl2N5OS/c1-2-3-12-29-25(34)20-6-4-19(5-7-20)18-35-26-30-23(28)17-24(31-26)33-15-13-32(14-16-33)22-10-8-21(27)9-11-22/h4-11,17H,2-3,12-16,18H2,1H3,(H,29,34). The topological polar surface area (TPSA) is 61.4 Å². The first-order chi connectivity index (χ1) is 17.0. The summed E-state index contributed by atoms with van der Waals surface area (Å²) in [5, 5.41) is 4.78. The molecule has 0 atom stereocenters. The molecule has 0 spiro atoms. The molecule has 2 aromatic carbocycles. The third-order valence-electron chi connectivity index (χ3n) is 5.86. The van der Waals surface area contributed by atoms with Crippen LogP contribution >= 0.6 is 35.0 Å². The van der Waals surface area contributed by atoms with Crippen LogP contribution in [0.2, 0.25) is 10.2 Å². The number of unbranched alkanes of at least 4 members (excludes halogenated alkanes) is 1. The van der Waals surface area contributed by atoms with Gasteiger partial charge in [-0.2, -0.15) is 0 Å². The summed E-state index contributed by atoms with van der Waals surface area (Å²) in [4.78, 5) is 25.9. The average molecular weight is 531 g/mol. The SMILES string of the molecule is CCCCNC(=O)c1ccc(CSc2nc(Cl)cc(N3CCN(c4ccc(Cl)cc4)CC3)n2)cc1. The van der Waals surface area contributed by atoms with Crippen molar-refractivity contribution >= 4 is 52.4 Å². The van der Waals surface area contributed by atoms with Crippen molar-refractivity contribution in [1.29, 1.82) is 0 Å². The zero-order valence-corrected chi connectivity index (χ0v) is 22.0. The predicted octanol–water partition coefficient (Wildman–Crippen LogP) is 5.93. The first-order valence-electron chi connectivity index (χ1n) is 11.8. The van der Waals surface area contributed by atoms with Gasteiger partial charge < -0.3 is 15.1 Å². The van der Waals surface area contributed by atoms with E-state index in [1.54, 1.807) is 0 Å². The minimum atomic E-state index is -0.0309. The van der Waals surface area contributed by atoms with Gasteiger partial charge in [-0.3, -0.25) is 4.79 Å². The lowest BCUT2D eigenvalue weighted by Gasteiger charge is -2.36. The summed E-state index contributed by atoms with van der Waals surface area (Å²) in [5.41, 5.74) is 2.95. The maximum Gasteiger partial charge on any atom is 0.251 e. The lowest BCUT2D eigenvalue weighted by atomic mass is 10.1. The maximum absolute atomic E-state index is 12.2. The molecule has 1 aliphatic heterocycles. The molecule has 2 heterocycles. The van der Waals surface area contributed by atoms with Crippen LogP contribution in [0.5, 0.6) is 0 Å². The molecule has 1 fully saturated rings. The van der Waals surface area contributed by atoms with Crippen LogP contribution in [-0.4, -0.2) is 48.6 Å². The lowest BCUT2D eigenvalue weighted by molar-refractivity contribution is 0.0953. The molecule has 6 nitrogen and oxygen atoms in total. The summed E-state index contributed by atoms with van der Waals surface area (Å²) in [5.74, 6) is 1.51. The molecule has 1 aromatic heterocycles. The van der Waals surface area contributed by atoms with E-state index in [4.69, 9.17) is 28.2 Å². The van der Waals surface area contributed by atoms with Crippen LogP contribution in [0.15, 0.2) is 59.8 Å². The molecule has 1 aliphatic rings. The second-order valence-corrected chi connectivity index (χ2v) is 10.1. The van der Waals surface area contributed by atoms with E-state index in [1.807, 2.05) is 42.5 Å². The van der Waals surface area contributed by atoms with Crippen molar-refractivity contribution in [3.05, 3.63) is 75.9 Å². The normalized spacial score (nSPS) is 13.7. The van der Waals surface area contributed by atoms with Gasteiger partial charge in [-0.05, 0) is 48.4 Å². The van der Waals surface area contributed by atoms with E-state index in [-0.39, 0.29) is 5.91 Å². The number of hydrogen-bond donors (Lipinski definition) is 1. The van der Waals surface area contributed by atoms with Crippen LogP contribution in [0.1, 0.15) is 35.7 Å². The molecule has 0 bridgehead atoms. The molecular weight excluding hydrogens is 501 g/mol. The predicted molar refractivity (Wildman–Crippen MR) is 146 cm³/mol. The molecule has 1 N–H and O–H groups in total. The molecule has 3 aromatic rings. The Morgan fingerprint density at radius 2 is 1.66 bits per heavy atom. The van der Waals surface area contributed by atoms with Crippen molar-refractivity contribution in [2.45, 2.75) is 30.7 Å². The molecule has 184 valence electrons. The lowest BCUT2D eigenvalue weighted by Crippen LogP contribution is -2.46. The highest BCUT2D eigenvalue weighted by atomic mass is 35.5. The fourth-order valence-corrected chi connectivity index (χ4v) is 5.00. The molecule has 35 heavy (non-hydrogen) atoms. The molecule has 1 saturated heterocycles. The van der Waals surface area contributed by atoms with Crippen LogP contribution in [0.3, 0.4) is 0 Å². The fraction of sp³-hybridized carbons (Fsp3) is 0.346. The highest BCUT2D eigenvalue weighted by Gasteiger charge is 2.20. The number of thioether (sulfide) groups is 1. The molecule has 0 radical (unpaired) electrons. The summed E-state index contributed by atoms with van der Waals surface area (Å²) < 4.78 is 0. The van der Waals surface area contributed by atoms with Crippen molar-refractivity contribution < 1.29 is 4.79 Å². The number of anilines is 2. The minimum absolute atomic E-state index is 0.0309. The van der Waals surface area contributed by atoms with Crippen LogP contribution in [-0.2, 0) is 5.75 Å². The molecule has 0 unspecified atom stereocenters. The quantitative estimate of drug-likeness (QED) is 0.160. The summed E-state index contributed by atoms with van der Waals surface area (Å²) >= 11 is 13.9.